The van der Waals surface area contributed by atoms with Crippen LogP contribution in [-0.2, 0) is 25.4 Å². The third-order valence-corrected chi connectivity index (χ3v) is 14.3. The van der Waals surface area contributed by atoms with Crippen LogP contribution < -0.4 is 4.74 Å². The van der Waals surface area contributed by atoms with E-state index in [9.17, 15) is 0 Å². The average molecular weight is 573 g/mol. The summed E-state index contributed by atoms with van der Waals surface area (Å²) in [6, 6.07) is 2.84. The van der Waals surface area contributed by atoms with Crippen molar-refractivity contribution in [3.63, 3.8) is 0 Å². The standard InChI is InChI=1S/C26H42ClFN2O5Si2/c1-16-12-17-21(29-24(16)27)20(28)25(30(17)15-31-10-11-36(5,6)7)34-18-13-32-23-19(14-33-22(18)23)35-37(8,9)26(2,3)4/h12,18-19,22-23H,10-11,13-15H2,1-9H3/t18-,19-,22-,23-/m1/s1. The number of hydrogen-bond acceptors (Lipinski definition) is 6. The molecule has 2 fully saturated rings. The fraction of sp³-hybridized carbons (Fsp3) is 0.731. The minimum absolute atomic E-state index is 0.0729. The second-order valence-electron chi connectivity index (χ2n) is 13.0. The number of nitrogens with zero attached hydrogens (tertiary/aromatic N) is 2. The molecule has 0 aliphatic carbocycles. The van der Waals surface area contributed by atoms with Crippen LogP contribution in [0, 0.1) is 12.7 Å². The highest BCUT2D eigenvalue weighted by atomic mass is 35.5. The first-order chi connectivity index (χ1) is 17.1. The Kier molecular flexibility index (Phi) is 8.24. The second-order valence-corrected chi connectivity index (χ2v) is 23.8. The Morgan fingerprint density at radius 1 is 1.11 bits per heavy atom. The Morgan fingerprint density at radius 3 is 2.35 bits per heavy atom. The van der Waals surface area contributed by atoms with E-state index in [1.54, 1.807) is 4.57 Å². The zero-order valence-electron chi connectivity index (χ0n) is 23.6. The first kappa shape index (κ1) is 29.0. The third kappa shape index (κ3) is 6.10. The van der Waals surface area contributed by atoms with Crippen LogP contribution in [-0.4, -0.2) is 70.2 Å². The van der Waals surface area contributed by atoms with Gasteiger partial charge in [0.15, 0.2) is 14.4 Å². The quantitative estimate of drug-likeness (QED) is 0.197. The lowest BCUT2D eigenvalue weighted by Gasteiger charge is -2.39. The van der Waals surface area contributed by atoms with E-state index < -0.39 is 28.3 Å². The summed E-state index contributed by atoms with van der Waals surface area (Å²) in [6.45, 7) is 21.3. The van der Waals surface area contributed by atoms with Crippen molar-refractivity contribution in [3.8, 4) is 5.88 Å². The van der Waals surface area contributed by atoms with Crippen LogP contribution >= 0.6 is 11.6 Å². The van der Waals surface area contributed by atoms with Crippen molar-refractivity contribution >= 4 is 39.0 Å². The highest BCUT2D eigenvalue weighted by molar-refractivity contribution is 6.76. The van der Waals surface area contributed by atoms with Gasteiger partial charge in [-0.3, -0.25) is 4.57 Å². The van der Waals surface area contributed by atoms with Gasteiger partial charge in [0.05, 0.1) is 24.8 Å². The molecule has 208 valence electrons. The number of aryl methyl sites for hydroxylation is 1. The molecule has 2 aliphatic rings. The number of hydrogen-bond donors (Lipinski definition) is 0. The van der Waals surface area contributed by atoms with Gasteiger partial charge in [0.25, 0.3) is 0 Å². The molecule has 0 spiro atoms. The second kappa shape index (κ2) is 10.5. The Hall–Kier alpha value is -1.02. The van der Waals surface area contributed by atoms with Gasteiger partial charge in [0.1, 0.15) is 29.6 Å². The molecule has 0 amide bonds. The molecule has 0 bridgehead atoms. The summed E-state index contributed by atoms with van der Waals surface area (Å²) in [7, 11) is -3.27. The molecule has 2 aromatic heterocycles. The summed E-state index contributed by atoms with van der Waals surface area (Å²) in [5.41, 5.74) is 1.52. The van der Waals surface area contributed by atoms with E-state index in [0.29, 0.717) is 18.7 Å². The van der Waals surface area contributed by atoms with E-state index in [4.69, 9.17) is 35.0 Å². The van der Waals surface area contributed by atoms with Gasteiger partial charge in [-0.1, -0.05) is 52.0 Å². The maximum Gasteiger partial charge on any atom is 0.235 e. The molecular weight excluding hydrogens is 531 g/mol. The molecule has 4 rings (SSSR count). The molecule has 2 aliphatic heterocycles. The molecule has 4 atom stereocenters. The van der Waals surface area contributed by atoms with Gasteiger partial charge in [-0.05, 0) is 42.7 Å². The molecule has 2 saturated heterocycles. The summed E-state index contributed by atoms with van der Waals surface area (Å²) in [4.78, 5) is 4.30. The molecular formula is C26H42ClFN2O5Si2. The highest BCUT2D eigenvalue weighted by Gasteiger charge is 2.52. The summed E-state index contributed by atoms with van der Waals surface area (Å²) in [5.74, 6) is -0.481. The molecule has 11 heteroatoms. The zero-order valence-corrected chi connectivity index (χ0v) is 26.4. The number of pyridine rings is 1. The smallest absolute Gasteiger partial charge is 0.235 e. The summed E-state index contributed by atoms with van der Waals surface area (Å²) < 4.78 is 48.5. The number of rotatable bonds is 9. The van der Waals surface area contributed by atoms with Crippen molar-refractivity contribution in [2.24, 2.45) is 0 Å². The van der Waals surface area contributed by atoms with E-state index in [1.807, 2.05) is 13.0 Å². The fourth-order valence-electron chi connectivity index (χ4n) is 4.38. The predicted octanol–water partition coefficient (Wildman–Crippen LogP) is 6.38. The third-order valence-electron chi connectivity index (χ3n) is 7.76. The van der Waals surface area contributed by atoms with Gasteiger partial charge in [-0.15, -0.1) is 0 Å². The SMILES string of the molecule is Cc1cc2c(nc1Cl)c(F)c(O[C@@H]1CO[C@H]3[C@@H]1OC[C@H]3O[Si](C)(C)C(C)(C)C)n2COCC[Si](C)(C)C. The van der Waals surface area contributed by atoms with Crippen LogP contribution in [0.2, 0.25) is 49.0 Å². The van der Waals surface area contributed by atoms with E-state index >= 15 is 4.39 Å². The van der Waals surface area contributed by atoms with E-state index in [2.05, 4.69) is 58.5 Å². The van der Waals surface area contributed by atoms with Gasteiger partial charge >= 0.3 is 0 Å². The molecule has 0 aromatic carbocycles. The minimum atomic E-state index is -2.01. The van der Waals surface area contributed by atoms with Crippen LogP contribution in [0.1, 0.15) is 26.3 Å². The Labute approximate surface area is 227 Å². The van der Waals surface area contributed by atoms with E-state index in [-0.39, 0.29) is 53.2 Å². The largest absolute Gasteiger partial charge is 0.468 e. The van der Waals surface area contributed by atoms with Crippen molar-refractivity contribution in [2.75, 3.05) is 19.8 Å². The van der Waals surface area contributed by atoms with Crippen molar-refractivity contribution < 1.29 is 27.8 Å². The Bertz CT molecular complexity index is 1130. The van der Waals surface area contributed by atoms with Crippen LogP contribution in [0.4, 0.5) is 4.39 Å². The van der Waals surface area contributed by atoms with Gasteiger partial charge in [0, 0.05) is 14.7 Å². The fourth-order valence-corrected chi connectivity index (χ4v) is 6.59. The van der Waals surface area contributed by atoms with E-state index in [1.165, 1.54) is 0 Å². The Morgan fingerprint density at radius 2 is 1.73 bits per heavy atom. The lowest BCUT2D eigenvalue weighted by Crippen LogP contribution is -2.47. The van der Waals surface area contributed by atoms with E-state index in [0.717, 1.165) is 11.6 Å². The van der Waals surface area contributed by atoms with Gasteiger partial charge in [-0.25, -0.2) is 4.98 Å². The van der Waals surface area contributed by atoms with Crippen molar-refractivity contribution in [1.82, 2.24) is 9.55 Å². The summed E-state index contributed by atoms with van der Waals surface area (Å²) in [6.07, 6.45) is -1.23. The normalized spacial score (nSPS) is 24.7. The number of aromatic nitrogens is 2. The number of halogens is 2. The van der Waals surface area contributed by atoms with Crippen LogP contribution in [0.5, 0.6) is 5.88 Å². The topological polar surface area (TPSA) is 64.0 Å². The number of fused-ring (bicyclic) bond motifs is 2. The highest BCUT2D eigenvalue weighted by Crippen LogP contribution is 2.41. The average Bonchev–Trinajstić information content (AvgIpc) is 3.41. The molecule has 0 unspecified atom stereocenters. The summed E-state index contributed by atoms with van der Waals surface area (Å²) >= 11 is 6.24. The summed E-state index contributed by atoms with van der Waals surface area (Å²) in [5, 5.41) is 0.342. The monoisotopic (exact) mass is 572 g/mol. The molecule has 2 aromatic rings. The van der Waals surface area contributed by atoms with Crippen LogP contribution in [0.25, 0.3) is 11.0 Å². The lowest BCUT2D eigenvalue weighted by atomic mass is 10.1. The zero-order chi connectivity index (χ0) is 27.3. The van der Waals surface area contributed by atoms with Crippen molar-refractivity contribution in [1.29, 1.82) is 0 Å². The molecule has 7 nitrogen and oxygen atoms in total. The molecule has 0 saturated carbocycles. The van der Waals surface area contributed by atoms with Crippen molar-refractivity contribution in [2.45, 2.75) is 103 Å². The van der Waals surface area contributed by atoms with Gasteiger partial charge in [-0.2, -0.15) is 4.39 Å². The predicted molar refractivity (Wildman–Crippen MR) is 150 cm³/mol. The first-order valence-corrected chi connectivity index (χ1v) is 20.1. The van der Waals surface area contributed by atoms with Gasteiger partial charge < -0.3 is 23.4 Å². The minimum Gasteiger partial charge on any atom is -0.468 e. The first-order valence-electron chi connectivity index (χ1n) is 13.1. The van der Waals surface area contributed by atoms with Crippen LogP contribution in [0.3, 0.4) is 0 Å². The molecule has 4 heterocycles. The number of ether oxygens (including phenoxy) is 4. The lowest BCUT2D eigenvalue weighted by molar-refractivity contribution is 0.00724. The maximum atomic E-state index is 15.7. The molecule has 0 N–H and O–H groups in total. The Balaban J connectivity index is 1.55. The van der Waals surface area contributed by atoms with Gasteiger partial charge in [0.2, 0.25) is 11.7 Å². The van der Waals surface area contributed by atoms with Crippen LogP contribution in [0.15, 0.2) is 6.07 Å². The molecule has 0 radical (unpaired) electrons. The van der Waals surface area contributed by atoms with Crippen molar-refractivity contribution in [3.05, 3.63) is 22.6 Å². The molecule has 37 heavy (non-hydrogen) atoms. The maximum absolute atomic E-state index is 15.7.